The number of fused-ring (bicyclic) bond motifs is 1. The quantitative estimate of drug-likeness (QED) is 0.513. The minimum Gasteiger partial charge on any atom is -0.493 e. The number of rotatable bonds is 5. The topological polar surface area (TPSA) is 21.7 Å². The Balaban J connectivity index is 1.81. The third kappa shape index (κ3) is 4.00. The molecule has 0 radical (unpaired) electrons. The highest BCUT2D eigenvalue weighted by Crippen LogP contribution is 2.42. The third-order valence-electron chi connectivity index (χ3n) is 5.53. The Bertz CT molecular complexity index is 1070. The van der Waals surface area contributed by atoms with Crippen molar-refractivity contribution < 1.29 is 18.3 Å². The molecule has 156 valence electrons. The summed E-state index contributed by atoms with van der Waals surface area (Å²) in [4.78, 5) is 2.18. The molecule has 0 spiro atoms. The van der Waals surface area contributed by atoms with Crippen molar-refractivity contribution in [1.82, 2.24) is 4.90 Å². The molecule has 0 amide bonds. The smallest absolute Gasteiger partial charge is 0.161 e. The summed E-state index contributed by atoms with van der Waals surface area (Å²) in [6.07, 6.45) is 0.773. The van der Waals surface area contributed by atoms with Gasteiger partial charge in [-0.2, -0.15) is 0 Å². The molecule has 0 aliphatic carbocycles. The van der Waals surface area contributed by atoms with Crippen molar-refractivity contribution in [1.29, 1.82) is 0 Å². The Kier molecular flexibility index (Phi) is 5.93. The van der Waals surface area contributed by atoms with Crippen molar-refractivity contribution in [2.75, 3.05) is 20.8 Å². The van der Waals surface area contributed by atoms with Gasteiger partial charge in [0, 0.05) is 29.7 Å². The van der Waals surface area contributed by atoms with Crippen LogP contribution in [0.25, 0.3) is 0 Å². The zero-order chi connectivity index (χ0) is 21.3. The zero-order valence-corrected chi connectivity index (χ0v) is 17.5. The number of hydrogen-bond donors (Lipinski definition) is 0. The van der Waals surface area contributed by atoms with Gasteiger partial charge in [-0.15, -0.1) is 0 Å². The van der Waals surface area contributed by atoms with Gasteiger partial charge in [-0.25, -0.2) is 8.78 Å². The van der Waals surface area contributed by atoms with Crippen molar-refractivity contribution >= 4 is 11.6 Å². The van der Waals surface area contributed by atoms with Crippen molar-refractivity contribution in [3.63, 3.8) is 0 Å². The van der Waals surface area contributed by atoms with E-state index in [1.54, 1.807) is 14.2 Å². The molecule has 1 atom stereocenters. The van der Waals surface area contributed by atoms with E-state index < -0.39 is 11.6 Å². The maximum atomic E-state index is 14.4. The Hall–Kier alpha value is -2.63. The van der Waals surface area contributed by atoms with Crippen LogP contribution in [0.15, 0.2) is 54.6 Å². The maximum Gasteiger partial charge on any atom is 0.161 e. The molecule has 0 saturated carbocycles. The summed E-state index contributed by atoms with van der Waals surface area (Å²) in [5.74, 6) is 0.193. The molecule has 4 rings (SSSR count). The van der Waals surface area contributed by atoms with Crippen LogP contribution in [-0.2, 0) is 13.0 Å². The first-order valence-electron chi connectivity index (χ1n) is 9.68. The van der Waals surface area contributed by atoms with Gasteiger partial charge in [0.2, 0.25) is 0 Å². The number of benzene rings is 3. The van der Waals surface area contributed by atoms with Crippen molar-refractivity contribution in [3.05, 3.63) is 93.5 Å². The van der Waals surface area contributed by atoms with Crippen LogP contribution in [0.5, 0.6) is 11.5 Å². The predicted octanol–water partition coefficient (Wildman–Crippen LogP) is 5.78. The van der Waals surface area contributed by atoms with Crippen LogP contribution in [0.1, 0.15) is 28.3 Å². The van der Waals surface area contributed by atoms with E-state index >= 15 is 0 Å². The summed E-state index contributed by atoms with van der Waals surface area (Å²) in [6, 6.07) is 15.2. The predicted molar refractivity (Wildman–Crippen MR) is 113 cm³/mol. The van der Waals surface area contributed by atoms with E-state index in [-0.39, 0.29) is 6.04 Å². The summed E-state index contributed by atoms with van der Waals surface area (Å²) >= 11 is 6.28. The Morgan fingerprint density at radius 3 is 2.47 bits per heavy atom. The molecule has 1 aliphatic heterocycles. The van der Waals surface area contributed by atoms with Crippen LogP contribution >= 0.6 is 11.6 Å². The molecule has 3 nitrogen and oxygen atoms in total. The second kappa shape index (κ2) is 8.62. The average Bonchev–Trinajstić information content (AvgIpc) is 2.74. The normalized spacial score (nSPS) is 16.2. The molecule has 1 aliphatic rings. The molecular weight excluding hydrogens is 408 g/mol. The highest BCUT2D eigenvalue weighted by Gasteiger charge is 2.31. The summed E-state index contributed by atoms with van der Waals surface area (Å²) in [5.41, 5.74) is 3.66. The van der Waals surface area contributed by atoms with Crippen molar-refractivity contribution in [3.8, 4) is 11.5 Å². The first kappa shape index (κ1) is 20.6. The van der Waals surface area contributed by atoms with Gasteiger partial charge in [0.15, 0.2) is 11.5 Å². The molecule has 0 aromatic heterocycles. The van der Waals surface area contributed by atoms with Crippen molar-refractivity contribution in [2.45, 2.75) is 19.0 Å². The summed E-state index contributed by atoms with van der Waals surface area (Å²) in [7, 11) is 3.22. The average molecular weight is 430 g/mol. The molecule has 0 unspecified atom stereocenters. The lowest BCUT2D eigenvalue weighted by Gasteiger charge is -2.38. The van der Waals surface area contributed by atoms with E-state index in [0.29, 0.717) is 35.2 Å². The van der Waals surface area contributed by atoms with Gasteiger partial charge < -0.3 is 9.47 Å². The van der Waals surface area contributed by atoms with Crippen LogP contribution < -0.4 is 9.47 Å². The summed E-state index contributed by atoms with van der Waals surface area (Å²) in [6.45, 7) is 1.05. The molecule has 0 saturated heterocycles. The van der Waals surface area contributed by atoms with Gasteiger partial charge in [0.25, 0.3) is 0 Å². The van der Waals surface area contributed by atoms with Crippen LogP contribution in [-0.4, -0.2) is 25.7 Å². The minimum atomic E-state index is -0.580. The SMILES string of the molecule is COc1cc2c(cc1OC)[C@@H](c1cccc(Cl)c1)N(Cc1ccc(F)cc1F)CC2. The van der Waals surface area contributed by atoms with Gasteiger partial charge in [0.1, 0.15) is 11.6 Å². The second-order valence-electron chi connectivity index (χ2n) is 7.32. The van der Waals surface area contributed by atoms with E-state index in [4.69, 9.17) is 21.1 Å². The lowest BCUT2D eigenvalue weighted by Crippen LogP contribution is -2.36. The van der Waals surface area contributed by atoms with Gasteiger partial charge in [0.05, 0.1) is 20.3 Å². The molecule has 30 heavy (non-hydrogen) atoms. The van der Waals surface area contributed by atoms with E-state index in [1.807, 2.05) is 36.4 Å². The molecule has 6 heteroatoms. The van der Waals surface area contributed by atoms with Gasteiger partial charge >= 0.3 is 0 Å². The fourth-order valence-corrected chi connectivity index (χ4v) is 4.30. The zero-order valence-electron chi connectivity index (χ0n) is 16.8. The highest BCUT2D eigenvalue weighted by molar-refractivity contribution is 6.30. The number of nitrogens with zero attached hydrogens (tertiary/aromatic N) is 1. The lowest BCUT2D eigenvalue weighted by atomic mass is 9.87. The first-order chi connectivity index (χ1) is 14.5. The third-order valence-corrected chi connectivity index (χ3v) is 5.76. The van der Waals surface area contributed by atoms with Crippen LogP contribution in [0.4, 0.5) is 8.78 Å². The van der Waals surface area contributed by atoms with Gasteiger partial charge in [-0.05, 0) is 53.4 Å². The molecule has 0 fully saturated rings. The molecule has 3 aromatic rings. The number of hydrogen-bond acceptors (Lipinski definition) is 3. The number of methoxy groups -OCH3 is 2. The standard InChI is InChI=1S/C24H22ClF2NO2/c1-29-22-11-15-8-9-28(14-17-6-7-19(26)12-21(17)27)24(20(15)13-23(22)30-2)16-4-3-5-18(25)10-16/h3-7,10-13,24H,8-9,14H2,1-2H3/t24-/m1/s1. The Morgan fingerprint density at radius 2 is 1.77 bits per heavy atom. The fraction of sp³-hybridized carbons (Fsp3) is 0.250. The van der Waals surface area contributed by atoms with Crippen LogP contribution in [0.3, 0.4) is 0 Å². The number of ether oxygens (including phenoxy) is 2. The molecule has 0 N–H and O–H groups in total. The van der Waals surface area contributed by atoms with E-state index in [9.17, 15) is 8.78 Å². The minimum absolute atomic E-state index is 0.156. The molecule has 0 bridgehead atoms. The highest BCUT2D eigenvalue weighted by atomic mass is 35.5. The van der Waals surface area contributed by atoms with Gasteiger partial charge in [-0.1, -0.05) is 29.8 Å². The summed E-state index contributed by atoms with van der Waals surface area (Å²) < 4.78 is 38.7. The fourth-order valence-electron chi connectivity index (χ4n) is 4.10. The second-order valence-corrected chi connectivity index (χ2v) is 7.76. The molecule has 3 aromatic carbocycles. The largest absolute Gasteiger partial charge is 0.493 e. The number of halogens is 3. The van der Waals surface area contributed by atoms with E-state index in [1.165, 1.54) is 12.1 Å². The van der Waals surface area contributed by atoms with Crippen LogP contribution in [0.2, 0.25) is 5.02 Å². The van der Waals surface area contributed by atoms with E-state index in [2.05, 4.69) is 4.90 Å². The monoisotopic (exact) mass is 429 g/mol. The molecular formula is C24H22ClF2NO2. The first-order valence-corrected chi connectivity index (χ1v) is 10.1. The van der Waals surface area contributed by atoms with Gasteiger partial charge in [-0.3, -0.25) is 4.90 Å². The molecule has 1 heterocycles. The maximum absolute atomic E-state index is 14.4. The Morgan fingerprint density at radius 1 is 1.00 bits per heavy atom. The van der Waals surface area contributed by atoms with E-state index in [0.717, 1.165) is 29.2 Å². The Labute approximate surface area is 179 Å². The summed E-state index contributed by atoms with van der Waals surface area (Å²) in [5, 5.41) is 0.632. The van der Waals surface area contributed by atoms with Crippen molar-refractivity contribution in [2.24, 2.45) is 0 Å². The lowest BCUT2D eigenvalue weighted by molar-refractivity contribution is 0.201. The van der Waals surface area contributed by atoms with Crippen LogP contribution in [0, 0.1) is 11.6 Å².